The van der Waals surface area contributed by atoms with Gasteiger partial charge in [-0.15, -0.1) is 0 Å². The third-order valence-corrected chi connectivity index (χ3v) is 4.97. The first-order chi connectivity index (χ1) is 9.65. The van der Waals surface area contributed by atoms with Gasteiger partial charge >= 0.3 is 0 Å². The fourth-order valence-corrected chi connectivity index (χ4v) is 3.76. The summed E-state index contributed by atoms with van der Waals surface area (Å²) < 4.78 is 13.8. The molecule has 0 spiro atoms. The molecule has 3 rings (SSSR count). The molecule has 0 aromatic heterocycles. The molecule has 3 atom stereocenters. The molecule has 0 bridgehead atoms. The van der Waals surface area contributed by atoms with Gasteiger partial charge in [-0.2, -0.15) is 0 Å². The van der Waals surface area contributed by atoms with Gasteiger partial charge in [-0.05, 0) is 43.2 Å². The lowest BCUT2D eigenvalue weighted by atomic mass is 9.97. The minimum Gasteiger partial charge on any atom is -0.304 e. The maximum atomic E-state index is 13.8. The highest BCUT2D eigenvalue weighted by Crippen LogP contribution is 2.35. The van der Waals surface area contributed by atoms with Crippen LogP contribution < -0.4 is 5.32 Å². The molecule has 0 radical (unpaired) electrons. The van der Waals surface area contributed by atoms with Crippen molar-refractivity contribution in [2.24, 2.45) is 5.92 Å². The molecule has 108 valence electrons. The Morgan fingerprint density at radius 3 is 3.05 bits per heavy atom. The van der Waals surface area contributed by atoms with Crippen LogP contribution in [0, 0.1) is 11.7 Å². The van der Waals surface area contributed by atoms with Crippen LogP contribution in [0.1, 0.15) is 37.7 Å². The number of rotatable bonds is 4. The van der Waals surface area contributed by atoms with E-state index in [0.29, 0.717) is 30.4 Å². The molecule has 4 heteroatoms. The normalized spacial score (nSPS) is 28.6. The molecular formula is C16H19ClFNO. The van der Waals surface area contributed by atoms with Crippen molar-refractivity contribution in [3.63, 3.8) is 0 Å². The van der Waals surface area contributed by atoms with E-state index in [1.165, 1.54) is 25.3 Å². The van der Waals surface area contributed by atoms with Gasteiger partial charge in [-0.25, -0.2) is 4.39 Å². The number of hydrogen-bond acceptors (Lipinski definition) is 2. The first-order valence-corrected chi connectivity index (χ1v) is 7.74. The number of carbonyl (C=O) groups excluding carboxylic acids is 1. The molecular weight excluding hydrogens is 277 g/mol. The van der Waals surface area contributed by atoms with Gasteiger partial charge in [-0.1, -0.05) is 30.2 Å². The van der Waals surface area contributed by atoms with Crippen molar-refractivity contribution < 1.29 is 9.18 Å². The number of Topliss-reactive ketones (excluding diaryl/α,β-unsaturated/α-hetero) is 1. The number of halogens is 2. The van der Waals surface area contributed by atoms with Crippen LogP contribution in [0.15, 0.2) is 18.2 Å². The maximum absolute atomic E-state index is 13.8. The van der Waals surface area contributed by atoms with Gasteiger partial charge in [0.1, 0.15) is 11.6 Å². The molecule has 1 aromatic rings. The zero-order chi connectivity index (χ0) is 14.1. The summed E-state index contributed by atoms with van der Waals surface area (Å²) in [6.07, 6.45) is 5.48. The van der Waals surface area contributed by atoms with E-state index >= 15 is 0 Å². The summed E-state index contributed by atoms with van der Waals surface area (Å²) in [4.78, 5) is 12.2. The SMILES string of the molecule is O=C(CCc1cccc(Cl)c1F)[C@@H]1C[C@H]2CCC[C@H]2N1. The van der Waals surface area contributed by atoms with Crippen LogP contribution in [-0.2, 0) is 11.2 Å². The zero-order valence-electron chi connectivity index (χ0n) is 11.4. The van der Waals surface area contributed by atoms with E-state index in [2.05, 4.69) is 5.32 Å². The molecule has 1 aliphatic heterocycles. The Hall–Kier alpha value is -0.930. The number of fused-ring (bicyclic) bond motifs is 1. The van der Waals surface area contributed by atoms with Gasteiger partial charge in [-0.3, -0.25) is 4.79 Å². The van der Waals surface area contributed by atoms with Crippen molar-refractivity contribution in [1.82, 2.24) is 5.32 Å². The molecule has 0 unspecified atom stereocenters. The lowest BCUT2D eigenvalue weighted by Crippen LogP contribution is -2.35. The number of nitrogens with one attached hydrogen (secondary N) is 1. The van der Waals surface area contributed by atoms with Crippen LogP contribution >= 0.6 is 11.6 Å². The Balaban J connectivity index is 1.56. The van der Waals surface area contributed by atoms with Crippen LogP contribution in [0.5, 0.6) is 0 Å². The Kier molecular flexibility index (Phi) is 4.08. The third kappa shape index (κ3) is 2.75. The molecule has 1 saturated heterocycles. The fourth-order valence-electron chi connectivity index (χ4n) is 3.57. The Morgan fingerprint density at radius 1 is 1.40 bits per heavy atom. The molecule has 1 aliphatic carbocycles. The quantitative estimate of drug-likeness (QED) is 0.921. The predicted molar refractivity (Wildman–Crippen MR) is 77.4 cm³/mol. The summed E-state index contributed by atoms with van der Waals surface area (Å²) in [7, 11) is 0. The van der Waals surface area contributed by atoms with Crippen LogP contribution in [0.4, 0.5) is 4.39 Å². The molecule has 1 heterocycles. The van der Waals surface area contributed by atoms with Crippen molar-refractivity contribution in [1.29, 1.82) is 0 Å². The summed E-state index contributed by atoms with van der Waals surface area (Å²) in [5, 5.41) is 3.57. The molecule has 20 heavy (non-hydrogen) atoms. The molecule has 2 fully saturated rings. The van der Waals surface area contributed by atoms with E-state index in [1.807, 2.05) is 0 Å². The van der Waals surface area contributed by atoms with Crippen molar-refractivity contribution >= 4 is 17.4 Å². The molecule has 1 saturated carbocycles. The number of hydrogen-bond donors (Lipinski definition) is 1. The predicted octanol–water partition coefficient (Wildman–Crippen LogP) is 3.51. The average Bonchev–Trinajstić information content (AvgIpc) is 3.01. The molecule has 1 aromatic carbocycles. The number of carbonyl (C=O) groups is 1. The third-order valence-electron chi connectivity index (χ3n) is 4.67. The average molecular weight is 296 g/mol. The number of ketones is 1. The number of benzene rings is 1. The fraction of sp³-hybridized carbons (Fsp3) is 0.562. The second-order valence-corrected chi connectivity index (χ2v) is 6.34. The zero-order valence-corrected chi connectivity index (χ0v) is 12.1. The summed E-state index contributed by atoms with van der Waals surface area (Å²) in [6.45, 7) is 0. The van der Waals surface area contributed by atoms with Crippen LogP contribution in [0.3, 0.4) is 0 Å². The van der Waals surface area contributed by atoms with Crippen LogP contribution in [0.2, 0.25) is 5.02 Å². The monoisotopic (exact) mass is 295 g/mol. The highest BCUT2D eigenvalue weighted by atomic mass is 35.5. The summed E-state index contributed by atoms with van der Waals surface area (Å²) in [5.74, 6) is 0.490. The van der Waals surface area contributed by atoms with Crippen molar-refractivity contribution in [2.45, 2.75) is 50.6 Å². The summed E-state index contributed by atoms with van der Waals surface area (Å²) in [6, 6.07) is 5.47. The highest BCUT2D eigenvalue weighted by molar-refractivity contribution is 6.30. The van der Waals surface area contributed by atoms with E-state index in [9.17, 15) is 9.18 Å². The summed E-state index contributed by atoms with van der Waals surface area (Å²) >= 11 is 5.75. The lowest BCUT2D eigenvalue weighted by molar-refractivity contribution is -0.120. The molecule has 2 aliphatic rings. The number of aryl methyl sites for hydroxylation is 1. The van der Waals surface area contributed by atoms with E-state index in [4.69, 9.17) is 11.6 Å². The van der Waals surface area contributed by atoms with Crippen LogP contribution in [-0.4, -0.2) is 17.9 Å². The van der Waals surface area contributed by atoms with Gasteiger partial charge in [0.15, 0.2) is 0 Å². The second-order valence-electron chi connectivity index (χ2n) is 5.93. The molecule has 1 N–H and O–H groups in total. The minimum absolute atomic E-state index is 0.0208. The maximum Gasteiger partial charge on any atom is 0.150 e. The topological polar surface area (TPSA) is 29.1 Å². The first kappa shape index (κ1) is 14.0. The molecule has 2 nitrogen and oxygen atoms in total. The van der Waals surface area contributed by atoms with E-state index in [1.54, 1.807) is 12.1 Å². The van der Waals surface area contributed by atoms with E-state index < -0.39 is 5.82 Å². The van der Waals surface area contributed by atoms with Gasteiger partial charge in [0.2, 0.25) is 0 Å². The van der Waals surface area contributed by atoms with Crippen molar-refractivity contribution in [2.75, 3.05) is 0 Å². The highest BCUT2D eigenvalue weighted by Gasteiger charge is 2.39. The second kappa shape index (κ2) is 5.82. The van der Waals surface area contributed by atoms with E-state index in [0.717, 1.165) is 6.42 Å². The van der Waals surface area contributed by atoms with Gasteiger partial charge < -0.3 is 5.32 Å². The molecule has 0 amide bonds. The Bertz CT molecular complexity index is 507. The van der Waals surface area contributed by atoms with Crippen molar-refractivity contribution in [3.05, 3.63) is 34.6 Å². The van der Waals surface area contributed by atoms with Gasteiger partial charge in [0.25, 0.3) is 0 Å². The van der Waals surface area contributed by atoms with Crippen LogP contribution in [0.25, 0.3) is 0 Å². The van der Waals surface area contributed by atoms with Gasteiger partial charge in [0.05, 0.1) is 11.1 Å². The van der Waals surface area contributed by atoms with Crippen molar-refractivity contribution in [3.8, 4) is 0 Å². The smallest absolute Gasteiger partial charge is 0.150 e. The largest absolute Gasteiger partial charge is 0.304 e. The Labute approximate surface area is 123 Å². The minimum atomic E-state index is -0.391. The Morgan fingerprint density at radius 2 is 2.25 bits per heavy atom. The first-order valence-electron chi connectivity index (χ1n) is 7.37. The van der Waals surface area contributed by atoms with Gasteiger partial charge in [0, 0.05) is 12.5 Å². The lowest BCUT2D eigenvalue weighted by Gasteiger charge is -2.12. The van der Waals surface area contributed by atoms with E-state index in [-0.39, 0.29) is 16.8 Å². The standard InChI is InChI=1S/C16H19ClFNO/c17-12-5-1-3-10(16(12)18)7-8-15(20)14-9-11-4-2-6-13(11)19-14/h1,3,5,11,13-14,19H,2,4,6-9H2/t11-,13-,14+/m1/s1. The summed E-state index contributed by atoms with van der Waals surface area (Å²) in [5.41, 5.74) is 0.532.